The first kappa shape index (κ1) is 16.5. The fourth-order valence-corrected chi connectivity index (χ4v) is 2.54. The zero-order valence-electron chi connectivity index (χ0n) is 12.2. The summed E-state index contributed by atoms with van der Waals surface area (Å²) in [6.07, 6.45) is 1.05. The highest BCUT2D eigenvalue weighted by molar-refractivity contribution is 9.10. The Balaban J connectivity index is 1.83. The third kappa shape index (κ3) is 4.56. The van der Waals surface area contributed by atoms with Gasteiger partial charge in [-0.3, -0.25) is 4.79 Å². The van der Waals surface area contributed by atoms with Crippen LogP contribution in [0.3, 0.4) is 0 Å². The molecule has 0 heterocycles. The number of carbonyl (C=O) groups is 1. The Hall–Kier alpha value is -1.88. The van der Waals surface area contributed by atoms with E-state index in [0.29, 0.717) is 24.9 Å². The minimum Gasteiger partial charge on any atom is -0.494 e. The number of amides is 1. The van der Waals surface area contributed by atoms with Crippen molar-refractivity contribution in [3.63, 3.8) is 0 Å². The van der Waals surface area contributed by atoms with Gasteiger partial charge in [-0.05, 0) is 35.7 Å². The van der Waals surface area contributed by atoms with E-state index < -0.39 is 5.82 Å². The summed E-state index contributed by atoms with van der Waals surface area (Å²) in [5.74, 6) is -0.293. The van der Waals surface area contributed by atoms with Crippen LogP contribution in [0.5, 0.6) is 5.75 Å². The molecule has 0 saturated carbocycles. The molecule has 2 rings (SSSR count). The van der Waals surface area contributed by atoms with E-state index in [1.54, 1.807) is 12.1 Å². The minimum atomic E-state index is -0.428. The van der Waals surface area contributed by atoms with E-state index in [2.05, 4.69) is 21.2 Å². The van der Waals surface area contributed by atoms with Crippen LogP contribution in [0.1, 0.15) is 17.5 Å². The summed E-state index contributed by atoms with van der Waals surface area (Å²) >= 11 is 3.46. The molecule has 0 aliphatic rings. The molecule has 0 aliphatic carbocycles. The average Bonchev–Trinajstić information content (AvgIpc) is 2.52. The summed E-state index contributed by atoms with van der Waals surface area (Å²) in [4.78, 5) is 11.9. The van der Waals surface area contributed by atoms with E-state index >= 15 is 0 Å². The molecule has 0 aromatic heterocycles. The van der Waals surface area contributed by atoms with E-state index in [4.69, 9.17) is 4.74 Å². The summed E-state index contributed by atoms with van der Waals surface area (Å²) in [5.41, 5.74) is 1.79. The minimum absolute atomic E-state index is 0.0630. The van der Waals surface area contributed by atoms with Gasteiger partial charge in [-0.15, -0.1) is 0 Å². The fraction of sp³-hybridized carbons (Fsp3) is 0.235. The van der Waals surface area contributed by atoms with Crippen molar-refractivity contribution in [1.29, 1.82) is 0 Å². The molecule has 0 saturated heterocycles. The van der Waals surface area contributed by atoms with Gasteiger partial charge in [-0.25, -0.2) is 4.39 Å². The monoisotopic (exact) mass is 365 g/mol. The van der Waals surface area contributed by atoms with Crippen molar-refractivity contribution in [1.82, 2.24) is 5.32 Å². The maximum Gasteiger partial charge on any atom is 0.220 e. The van der Waals surface area contributed by atoms with Gasteiger partial charge >= 0.3 is 0 Å². The number of carbonyl (C=O) groups excluding carboxylic acids is 1. The van der Waals surface area contributed by atoms with E-state index in [9.17, 15) is 9.18 Å². The van der Waals surface area contributed by atoms with Crippen LogP contribution in [0.15, 0.2) is 46.9 Å². The molecule has 116 valence electrons. The lowest BCUT2D eigenvalue weighted by molar-refractivity contribution is -0.121. The Morgan fingerprint density at radius 3 is 2.73 bits per heavy atom. The van der Waals surface area contributed by atoms with E-state index in [-0.39, 0.29) is 11.7 Å². The van der Waals surface area contributed by atoms with Gasteiger partial charge in [0.1, 0.15) is 0 Å². The third-order valence-electron chi connectivity index (χ3n) is 3.29. The normalized spacial score (nSPS) is 10.3. The molecule has 1 amide bonds. The zero-order chi connectivity index (χ0) is 15.9. The van der Waals surface area contributed by atoms with Gasteiger partial charge in [0.05, 0.1) is 7.11 Å². The van der Waals surface area contributed by atoms with Crippen molar-refractivity contribution in [3.8, 4) is 5.75 Å². The average molecular weight is 366 g/mol. The predicted octanol–water partition coefficient (Wildman–Crippen LogP) is 3.85. The van der Waals surface area contributed by atoms with Crippen molar-refractivity contribution in [2.24, 2.45) is 0 Å². The van der Waals surface area contributed by atoms with Crippen LogP contribution in [0.4, 0.5) is 4.39 Å². The molecule has 0 atom stereocenters. The molecule has 22 heavy (non-hydrogen) atoms. The van der Waals surface area contributed by atoms with Gasteiger partial charge in [0.25, 0.3) is 0 Å². The largest absolute Gasteiger partial charge is 0.494 e. The zero-order valence-corrected chi connectivity index (χ0v) is 13.8. The highest BCUT2D eigenvalue weighted by Crippen LogP contribution is 2.18. The number of nitrogens with one attached hydrogen (secondary N) is 1. The van der Waals surface area contributed by atoms with Crippen molar-refractivity contribution in [2.75, 3.05) is 7.11 Å². The molecule has 2 aromatic rings. The molecule has 0 unspecified atom stereocenters. The predicted molar refractivity (Wildman–Crippen MR) is 87.3 cm³/mol. The number of benzene rings is 2. The number of hydrogen-bond donors (Lipinski definition) is 1. The van der Waals surface area contributed by atoms with Crippen LogP contribution in [0, 0.1) is 5.82 Å². The molecule has 0 aliphatic heterocycles. The first-order chi connectivity index (χ1) is 10.6. The molecule has 0 radical (unpaired) electrons. The molecular formula is C17H17BrFNO2. The lowest BCUT2D eigenvalue weighted by atomic mass is 10.1. The second-order valence-corrected chi connectivity index (χ2v) is 5.69. The number of methoxy groups -OCH3 is 1. The number of ether oxygens (including phenoxy) is 1. The lowest BCUT2D eigenvalue weighted by Gasteiger charge is -2.08. The number of hydrogen-bond acceptors (Lipinski definition) is 2. The second kappa shape index (κ2) is 7.94. The summed E-state index contributed by atoms with van der Waals surface area (Å²) in [5, 5.41) is 2.79. The topological polar surface area (TPSA) is 38.3 Å². The van der Waals surface area contributed by atoms with Crippen LogP contribution in [-0.2, 0) is 17.8 Å². The standard InChI is InChI=1S/C17H17BrFNO2/c1-22-16-8-6-12(10-15(16)19)11-20-17(21)9-7-13-4-2-3-5-14(13)18/h2-6,8,10H,7,9,11H2,1H3,(H,20,21). The van der Waals surface area contributed by atoms with Gasteiger partial charge < -0.3 is 10.1 Å². The van der Waals surface area contributed by atoms with Crippen LogP contribution in [0.25, 0.3) is 0 Å². The van der Waals surface area contributed by atoms with Crippen molar-refractivity contribution in [2.45, 2.75) is 19.4 Å². The Bertz CT molecular complexity index is 661. The SMILES string of the molecule is COc1ccc(CNC(=O)CCc2ccccc2Br)cc1F. The summed E-state index contributed by atoms with van der Waals surface area (Å²) < 4.78 is 19.4. The van der Waals surface area contributed by atoms with Crippen molar-refractivity contribution >= 4 is 21.8 Å². The van der Waals surface area contributed by atoms with E-state index in [1.807, 2.05) is 24.3 Å². The molecule has 5 heteroatoms. The Morgan fingerprint density at radius 1 is 1.27 bits per heavy atom. The van der Waals surface area contributed by atoms with E-state index in [1.165, 1.54) is 13.2 Å². The first-order valence-electron chi connectivity index (χ1n) is 6.92. The molecule has 2 aromatic carbocycles. The van der Waals surface area contributed by atoms with Crippen LogP contribution in [0.2, 0.25) is 0 Å². The molecule has 0 fully saturated rings. The van der Waals surface area contributed by atoms with Crippen LogP contribution in [-0.4, -0.2) is 13.0 Å². The lowest BCUT2D eigenvalue weighted by Crippen LogP contribution is -2.23. The Labute approximate surface area is 137 Å². The molecule has 0 bridgehead atoms. The smallest absolute Gasteiger partial charge is 0.220 e. The molecule has 0 spiro atoms. The van der Waals surface area contributed by atoms with E-state index in [0.717, 1.165) is 10.0 Å². The fourth-order valence-electron chi connectivity index (χ4n) is 2.06. The van der Waals surface area contributed by atoms with Gasteiger partial charge in [-0.1, -0.05) is 40.2 Å². The van der Waals surface area contributed by atoms with Crippen molar-refractivity contribution in [3.05, 3.63) is 63.9 Å². The third-order valence-corrected chi connectivity index (χ3v) is 4.06. The molecular weight excluding hydrogens is 349 g/mol. The summed E-state index contributed by atoms with van der Waals surface area (Å²) in [7, 11) is 1.42. The highest BCUT2D eigenvalue weighted by atomic mass is 79.9. The first-order valence-corrected chi connectivity index (χ1v) is 7.72. The van der Waals surface area contributed by atoms with Crippen molar-refractivity contribution < 1.29 is 13.9 Å². The number of halogens is 2. The van der Waals surface area contributed by atoms with Gasteiger partial charge in [0.2, 0.25) is 5.91 Å². The maximum atomic E-state index is 13.5. The van der Waals surface area contributed by atoms with Gasteiger partial charge in [0, 0.05) is 17.4 Å². The Kier molecular flexibility index (Phi) is 5.95. The quantitative estimate of drug-likeness (QED) is 0.844. The number of aryl methyl sites for hydroxylation is 1. The maximum absolute atomic E-state index is 13.5. The summed E-state index contributed by atoms with van der Waals surface area (Å²) in [6.45, 7) is 0.301. The van der Waals surface area contributed by atoms with Gasteiger partial charge in [0.15, 0.2) is 11.6 Å². The highest BCUT2D eigenvalue weighted by Gasteiger charge is 2.07. The Morgan fingerprint density at radius 2 is 2.05 bits per heavy atom. The van der Waals surface area contributed by atoms with Crippen LogP contribution < -0.4 is 10.1 Å². The summed E-state index contributed by atoms with van der Waals surface area (Å²) in [6, 6.07) is 12.5. The molecule has 3 nitrogen and oxygen atoms in total. The van der Waals surface area contributed by atoms with Gasteiger partial charge in [-0.2, -0.15) is 0 Å². The van der Waals surface area contributed by atoms with Crippen LogP contribution >= 0.6 is 15.9 Å². The second-order valence-electron chi connectivity index (χ2n) is 4.84. The molecule has 1 N–H and O–H groups in total. The number of rotatable bonds is 6.